The summed E-state index contributed by atoms with van der Waals surface area (Å²) in [5.41, 5.74) is 1.96. The van der Waals surface area contributed by atoms with Crippen LogP contribution < -0.4 is 0 Å². The molecule has 0 aromatic heterocycles. The van der Waals surface area contributed by atoms with Gasteiger partial charge in [-0.05, 0) is 40.0 Å². The zero-order valence-corrected chi connectivity index (χ0v) is 8.56. The number of nitrogens with zero attached hydrogens (tertiary/aromatic N) is 1. The van der Waals surface area contributed by atoms with Crippen LogP contribution in [0.5, 0.6) is 0 Å². The molecule has 2 heteroatoms. The Kier molecular flexibility index (Phi) is 3.31. The molecular weight excluding hydrogens is 214 g/mol. The van der Waals surface area contributed by atoms with Gasteiger partial charge in [0.1, 0.15) is 6.07 Å². The van der Waals surface area contributed by atoms with Gasteiger partial charge in [-0.25, -0.2) is 0 Å². The van der Waals surface area contributed by atoms with Crippen LogP contribution in [-0.2, 0) is 6.42 Å². The normalized spacial score (nSPS) is 9.42. The van der Waals surface area contributed by atoms with Gasteiger partial charge in [-0.3, -0.25) is 0 Å². The number of hydrogen-bond donors (Lipinski definition) is 0. The maximum Gasteiger partial charge on any atom is 0.100 e. The minimum Gasteiger partial charge on any atom is -0.192 e. The average Bonchev–Trinajstić information content (AvgIpc) is 2.09. The van der Waals surface area contributed by atoms with Crippen molar-refractivity contribution in [3.05, 3.63) is 33.8 Å². The SMILES string of the molecule is CCCc1ccc(Br)c(C#N)c1. The molecule has 0 aliphatic carbocycles. The Morgan fingerprint density at radius 1 is 1.50 bits per heavy atom. The monoisotopic (exact) mass is 223 g/mol. The van der Waals surface area contributed by atoms with Gasteiger partial charge >= 0.3 is 0 Å². The summed E-state index contributed by atoms with van der Waals surface area (Å²) in [5, 5.41) is 8.73. The van der Waals surface area contributed by atoms with E-state index in [9.17, 15) is 0 Å². The lowest BCUT2D eigenvalue weighted by Gasteiger charge is -1.99. The predicted octanol–water partition coefficient (Wildman–Crippen LogP) is 3.27. The Bertz CT molecular complexity index is 312. The fourth-order valence-electron chi connectivity index (χ4n) is 1.10. The number of hydrogen-bond acceptors (Lipinski definition) is 1. The van der Waals surface area contributed by atoms with Gasteiger partial charge in [-0.1, -0.05) is 19.4 Å². The third kappa shape index (κ3) is 2.09. The van der Waals surface area contributed by atoms with Crippen LogP contribution in [0.25, 0.3) is 0 Å². The minimum atomic E-state index is 0.723. The van der Waals surface area contributed by atoms with Crippen LogP contribution in [0.1, 0.15) is 24.5 Å². The third-order valence-corrected chi connectivity index (χ3v) is 2.38. The van der Waals surface area contributed by atoms with Gasteiger partial charge in [0.05, 0.1) is 5.56 Å². The molecule has 0 radical (unpaired) electrons. The molecule has 1 nitrogen and oxygen atoms in total. The second-order valence-corrected chi connectivity index (χ2v) is 3.53. The summed E-state index contributed by atoms with van der Waals surface area (Å²) in [6, 6.07) is 8.07. The molecule has 0 unspecified atom stereocenters. The first-order valence-electron chi connectivity index (χ1n) is 3.96. The zero-order chi connectivity index (χ0) is 8.97. The Morgan fingerprint density at radius 3 is 2.83 bits per heavy atom. The molecule has 0 heterocycles. The Morgan fingerprint density at radius 2 is 2.25 bits per heavy atom. The molecule has 12 heavy (non-hydrogen) atoms. The van der Waals surface area contributed by atoms with E-state index in [1.54, 1.807) is 0 Å². The summed E-state index contributed by atoms with van der Waals surface area (Å²) >= 11 is 3.32. The van der Waals surface area contributed by atoms with Crippen LogP contribution in [0.3, 0.4) is 0 Å². The van der Waals surface area contributed by atoms with Crippen LogP contribution in [0, 0.1) is 11.3 Å². The molecule has 0 amide bonds. The summed E-state index contributed by atoms with van der Waals surface area (Å²) in [7, 11) is 0. The van der Waals surface area contributed by atoms with Crippen molar-refractivity contribution in [1.29, 1.82) is 5.26 Å². The van der Waals surface area contributed by atoms with Gasteiger partial charge in [0, 0.05) is 4.47 Å². The maximum absolute atomic E-state index is 8.73. The van der Waals surface area contributed by atoms with Crippen molar-refractivity contribution in [1.82, 2.24) is 0 Å². The lowest BCUT2D eigenvalue weighted by atomic mass is 10.1. The topological polar surface area (TPSA) is 23.8 Å². The first-order valence-corrected chi connectivity index (χ1v) is 4.75. The molecule has 1 rings (SSSR count). The molecule has 0 fully saturated rings. The lowest BCUT2D eigenvalue weighted by molar-refractivity contribution is 0.921. The van der Waals surface area contributed by atoms with Crippen molar-refractivity contribution in [2.45, 2.75) is 19.8 Å². The third-order valence-electron chi connectivity index (χ3n) is 1.69. The number of halogens is 1. The van der Waals surface area contributed by atoms with E-state index in [-0.39, 0.29) is 0 Å². The fraction of sp³-hybridized carbons (Fsp3) is 0.300. The Hall–Kier alpha value is -0.810. The second kappa shape index (κ2) is 4.27. The van der Waals surface area contributed by atoms with E-state index < -0.39 is 0 Å². The van der Waals surface area contributed by atoms with E-state index in [4.69, 9.17) is 5.26 Å². The largest absolute Gasteiger partial charge is 0.192 e. The van der Waals surface area contributed by atoms with E-state index >= 15 is 0 Å². The van der Waals surface area contributed by atoms with E-state index in [1.807, 2.05) is 12.1 Å². The highest BCUT2D eigenvalue weighted by atomic mass is 79.9. The number of nitriles is 1. The molecule has 0 N–H and O–H groups in total. The summed E-state index contributed by atoms with van der Waals surface area (Å²) in [6.07, 6.45) is 2.16. The average molecular weight is 224 g/mol. The summed E-state index contributed by atoms with van der Waals surface area (Å²) in [6.45, 7) is 2.13. The van der Waals surface area contributed by atoms with Crippen molar-refractivity contribution in [3.63, 3.8) is 0 Å². The van der Waals surface area contributed by atoms with Gasteiger partial charge in [0.15, 0.2) is 0 Å². The molecule has 62 valence electrons. The summed E-state index contributed by atoms with van der Waals surface area (Å²) in [4.78, 5) is 0. The summed E-state index contributed by atoms with van der Waals surface area (Å²) < 4.78 is 0.879. The van der Waals surface area contributed by atoms with Crippen LogP contribution in [0.15, 0.2) is 22.7 Å². The Labute approximate surface area is 81.2 Å². The van der Waals surface area contributed by atoms with Crippen LogP contribution >= 0.6 is 15.9 Å². The molecular formula is C10H10BrN. The number of aryl methyl sites for hydroxylation is 1. The molecule has 1 aromatic carbocycles. The van der Waals surface area contributed by atoms with Crippen molar-refractivity contribution in [2.75, 3.05) is 0 Å². The van der Waals surface area contributed by atoms with Gasteiger partial charge < -0.3 is 0 Å². The molecule has 0 bridgehead atoms. The van der Waals surface area contributed by atoms with Gasteiger partial charge in [-0.2, -0.15) is 5.26 Å². The van der Waals surface area contributed by atoms with Crippen LogP contribution in [-0.4, -0.2) is 0 Å². The van der Waals surface area contributed by atoms with Crippen molar-refractivity contribution in [3.8, 4) is 6.07 Å². The van der Waals surface area contributed by atoms with Crippen LogP contribution in [0.2, 0.25) is 0 Å². The van der Waals surface area contributed by atoms with Crippen LogP contribution in [0.4, 0.5) is 0 Å². The molecule has 0 saturated carbocycles. The predicted molar refractivity (Wildman–Crippen MR) is 52.9 cm³/mol. The van der Waals surface area contributed by atoms with Crippen molar-refractivity contribution in [2.24, 2.45) is 0 Å². The quantitative estimate of drug-likeness (QED) is 0.756. The van der Waals surface area contributed by atoms with Crippen molar-refractivity contribution >= 4 is 15.9 Å². The Balaban J connectivity index is 2.99. The lowest BCUT2D eigenvalue weighted by Crippen LogP contribution is -1.85. The van der Waals surface area contributed by atoms with Gasteiger partial charge in [0.25, 0.3) is 0 Å². The van der Waals surface area contributed by atoms with E-state index in [1.165, 1.54) is 5.56 Å². The molecule has 1 aromatic rings. The fourth-order valence-corrected chi connectivity index (χ4v) is 1.44. The summed E-state index contributed by atoms with van der Waals surface area (Å²) in [5.74, 6) is 0. The van der Waals surface area contributed by atoms with E-state index in [0.29, 0.717) is 0 Å². The standard InChI is InChI=1S/C10H10BrN/c1-2-3-8-4-5-10(11)9(6-8)7-12/h4-6H,2-3H2,1H3. The van der Waals surface area contributed by atoms with E-state index in [0.717, 1.165) is 22.9 Å². The molecule has 0 saturated heterocycles. The first kappa shape index (κ1) is 9.28. The first-order chi connectivity index (χ1) is 5.77. The van der Waals surface area contributed by atoms with Gasteiger partial charge in [0.2, 0.25) is 0 Å². The molecule has 0 aliphatic rings. The zero-order valence-electron chi connectivity index (χ0n) is 6.97. The highest BCUT2D eigenvalue weighted by Crippen LogP contribution is 2.17. The van der Waals surface area contributed by atoms with E-state index in [2.05, 4.69) is 35.0 Å². The molecule has 0 spiro atoms. The van der Waals surface area contributed by atoms with Crippen molar-refractivity contribution < 1.29 is 0 Å². The molecule has 0 atom stereocenters. The minimum absolute atomic E-state index is 0.723. The number of rotatable bonds is 2. The smallest absolute Gasteiger partial charge is 0.100 e. The highest BCUT2D eigenvalue weighted by Gasteiger charge is 1.99. The maximum atomic E-state index is 8.73. The molecule has 0 aliphatic heterocycles. The second-order valence-electron chi connectivity index (χ2n) is 2.68. The van der Waals surface area contributed by atoms with Gasteiger partial charge in [-0.15, -0.1) is 0 Å². The highest BCUT2D eigenvalue weighted by molar-refractivity contribution is 9.10. The number of benzene rings is 1.